The average Bonchev–Trinajstić information content (AvgIpc) is 3.25. The Morgan fingerprint density at radius 3 is 1.62 bits per heavy atom. The van der Waals surface area contributed by atoms with E-state index >= 15 is 0 Å². The third-order valence-corrected chi connectivity index (χ3v) is 10.4. The zero-order chi connectivity index (χ0) is 32.4. The van der Waals surface area contributed by atoms with Crippen molar-refractivity contribution >= 4 is 0 Å². The second kappa shape index (κ2) is 11.2. The number of rotatable bonds is 3. The number of aryl methyl sites for hydroxylation is 3. The fourth-order valence-electron chi connectivity index (χ4n) is 8.28. The van der Waals surface area contributed by atoms with Gasteiger partial charge in [-0.3, -0.25) is 0 Å². The van der Waals surface area contributed by atoms with E-state index in [1.807, 2.05) is 0 Å². The van der Waals surface area contributed by atoms with Gasteiger partial charge in [0.25, 0.3) is 18.1 Å². The number of pyridine rings is 3. The highest BCUT2D eigenvalue weighted by Crippen LogP contribution is 2.47. The molecule has 3 unspecified atom stereocenters. The SMILES string of the molecule is Cc1ccc2[n+](c1)C1c3ccccc3-c3ccc(C)c[n+]3C1C([n+]1ccc(-c3ccccc3)cc1-c1ccccc1C)c1ccccc1-2. The van der Waals surface area contributed by atoms with Gasteiger partial charge in [0.15, 0.2) is 18.6 Å². The zero-order valence-electron chi connectivity index (χ0n) is 27.6. The molecule has 0 amide bonds. The highest BCUT2D eigenvalue weighted by molar-refractivity contribution is 5.71. The first-order chi connectivity index (χ1) is 23.6. The summed E-state index contributed by atoms with van der Waals surface area (Å²) in [6.07, 6.45) is 7.10. The van der Waals surface area contributed by atoms with Crippen LogP contribution >= 0.6 is 0 Å². The molecule has 48 heavy (non-hydrogen) atoms. The third-order valence-electron chi connectivity index (χ3n) is 10.4. The fraction of sp³-hybridized carbons (Fsp3) is 0.133. The van der Waals surface area contributed by atoms with E-state index in [4.69, 9.17) is 0 Å². The Balaban J connectivity index is 1.42. The zero-order valence-corrected chi connectivity index (χ0v) is 27.6. The average molecular weight is 621 g/mol. The van der Waals surface area contributed by atoms with Gasteiger partial charge in [-0.15, -0.1) is 0 Å². The van der Waals surface area contributed by atoms with Crippen molar-refractivity contribution in [2.24, 2.45) is 0 Å². The second-order valence-corrected chi connectivity index (χ2v) is 13.4. The Bertz CT molecular complexity index is 2360. The first kappa shape index (κ1) is 28.5. The molecule has 7 aromatic rings. The van der Waals surface area contributed by atoms with Gasteiger partial charge in [-0.1, -0.05) is 84.9 Å². The van der Waals surface area contributed by atoms with Crippen molar-refractivity contribution in [1.82, 2.24) is 0 Å². The number of nitrogens with zero attached hydrogens (tertiary/aromatic N) is 3. The van der Waals surface area contributed by atoms with Crippen LogP contribution in [0.25, 0.3) is 44.9 Å². The summed E-state index contributed by atoms with van der Waals surface area (Å²) >= 11 is 0. The molecule has 3 atom stereocenters. The highest BCUT2D eigenvalue weighted by Gasteiger charge is 2.58. The van der Waals surface area contributed by atoms with E-state index in [0.717, 1.165) is 0 Å². The van der Waals surface area contributed by atoms with Crippen LogP contribution in [0.5, 0.6) is 0 Å². The van der Waals surface area contributed by atoms with Crippen LogP contribution in [0.1, 0.15) is 45.9 Å². The van der Waals surface area contributed by atoms with Gasteiger partial charge in [-0.2, -0.15) is 13.7 Å². The van der Waals surface area contributed by atoms with E-state index < -0.39 is 0 Å². The van der Waals surface area contributed by atoms with Crippen molar-refractivity contribution in [2.75, 3.05) is 0 Å². The molecule has 0 saturated heterocycles. The maximum absolute atomic E-state index is 2.59. The monoisotopic (exact) mass is 620 g/mol. The summed E-state index contributed by atoms with van der Waals surface area (Å²) in [7, 11) is 0. The molecule has 230 valence electrons. The van der Waals surface area contributed by atoms with Crippen LogP contribution in [0.2, 0.25) is 0 Å². The summed E-state index contributed by atoms with van der Waals surface area (Å²) in [5.74, 6) is 0. The molecule has 0 saturated carbocycles. The summed E-state index contributed by atoms with van der Waals surface area (Å²) in [5.41, 5.74) is 16.5. The molecule has 0 fully saturated rings. The van der Waals surface area contributed by atoms with E-state index in [1.165, 1.54) is 72.7 Å². The van der Waals surface area contributed by atoms with Crippen LogP contribution in [0, 0.1) is 20.8 Å². The predicted octanol–water partition coefficient (Wildman–Crippen LogP) is 8.89. The molecule has 5 heterocycles. The maximum atomic E-state index is 2.59. The van der Waals surface area contributed by atoms with Gasteiger partial charge in [0, 0.05) is 52.1 Å². The van der Waals surface area contributed by atoms with Gasteiger partial charge in [0.1, 0.15) is 0 Å². The molecule has 2 aliphatic rings. The summed E-state index contributed by atoms with van der Waals surface area (Å²) < 4.78 is 7.74. The highest BCUT2D eigenvalue weighted by atomic mass is 15.2. The van der Waals surface area contributed by atoms with Gasteiger partial charge in [0.2, 0.25) is 17.1 Å². The van der Waals surface area contributed by atoms with Gasteiger partial charge in [0.05, 0.1) is 11.1 Å². The molecule has 2 aliphatic heterocycles. The maximum Gasteiger partial charge on any atom is 0.289 e. The van der Waals surface area contributed by atoms with Crippen LogP contribution in [0.3, 0.4) is 0 Å². The minimum Gasteiger partial charge on any atom is -0.184 e. The third kappa shape index (κ3) is 4.46. The van der Waals surface area contributed by atoms with Gasteiger partial charge >= 0.3 is 0 Å². The van der Waals surface area contributed by atoms with Crippen molar-refractivity contribution in [3.63, 3.8) is 0 Å². The smallest absolute Gasteiger partial charge is 0.184 e. The lowest BCUT2D eigenvalue weighted by molar-refractivity contribution is -0.848. The number of hydrogen-bond acceptors (Lipinski definition) is 0. The number of aromatic nitrogens is 3. The molecule has 3 aromatic heterocycles. The number of benzene rings is 4. The van der Waals surface area contributed by atoms with E-state index in [2.05, 4.69) is 193 Å². The van der Waals surface area contributed by atoms with Crippen LogP contribution in [0.4, 0.5) is 0 Å². The number of hydrogen-bond donors (Lipinski definition) is 0. The molecule has 3 nitrogen and oxygen atoms in total. The standard InChI is InChI=1S/C45H38N3/c1-30-21-23-40-36-17-9-11-19-38(36)43(45-44(47(40)28-30)39-20-12-10-18-37(39)41-24-22-31(2)29-48(41)45)46-26-25-34(33-14-5-4-6-15-33)27-42(46)35-16-8-7-13-32(35)3/h4-29,43-45H,1-3H3/q+3. The van der Waals surface area contributed by atoms with E-state index in [0.29, 0.717) is 0 Å². The molecular formula is C45H38N3+3. The van der Waals surface area contributed by atoms with Crippen LogP contribution in [-0.4, -0.2) is 0 Å². The first-order valence-corrected chi connectivity index (χ1v) is 17.0. The molecule has 4 aromatic carbocycles. The van der Waals surface area contributed by atoms with E-state index in [9.17, 15) is 0 Å². The lowest BCUT2D eigenvalue weighted by Gasteiger charge is -2.29. The normalized spacial score (nSPS) is 17.3. The lowest BCUT2D eigenvalue weighted by Crippen LogP contribution is -2.62. The topological polar surface area (TPSA) is 11.6 Å². The Kier molecular flexibility index (Phi) is 6.69. The summed E-state index contributed by atoms with van der Waals surface area (Å²) in [4.78, 5) is 0. The molecule has 0 radical (unpaired) electrons. The van der Waals surface area contributed by atoms with E-state index in [1.54, 1.807) is 0 Å². The van der Waals surface area contributed by atoms with Crippen molar-refractivity contribution in [1.29, 1.82) is 0 Å². The molecule has 0 spiro atoms. The Morgan fingerprint density at radius 2 is 0.958 bits per heavy atom. The quantitative estimate of drug-likeness (QED) is 0.175. The van der Waals surface area contributed by atoms with Gasteiger partial charge in [-0.05, 0) is 67.8 Å². The van der Waals surface area contributed by atoms with Crippen LogP contribution in [-0.2, 0) is 0 Å². The Labute approximate surface area is 282 Å². The largest absolute Gasteiger partial charge is 0.289 e. The van der Waals surface area contributed by atoms with Crippen molar-refractivity contribution in [2.45, 2.75) is 38.9 Å². The van der Waals surface area contributed by atoms with Crippen molar-refractivity contribution < 1.29 is 13.7 Å². The number of fused-ring (bicyclic) bond motifs is 10. The van der Waals surface area contributed by atoms with Crippen LogP contribution < -0.4 is 13.7 Å². The Morgan fingerprint density at radius 1 is 0.417 bits per heavy atom. The molecular weight excluding hydrogens is 583 g/mol. The van der Waals surface area contributed by atoms with Crippen molar-refractivity contribution in [3.05, 3.63) is 186 Å². The van der Waals surface area contributed by atoms with E-state index in [-0.39, 0.29) is 18.1 Å². The molecule has 3 heteroatoms. The molecule has 0 aliphatic carbocycles. The minimum atomic E-state index is -0.0234. The molecule has 9 rings (SSSR count). The summed E-state index contributed by atoms with van der Waals surface area (Å²) in [5, 5.41) is 0. The van der Waals surface area contributed by atoms with Crippen molar-refractivity contribution in [3.8, 4) is 44.9 Å². The molecule has 0 N–H and O–H groups in total. The summed E-state index contributed by atoms with van der Waals surface area (Å²) in [6, 6.07) is 51.7. The predicted molar refractivity (Wildman–Crippen MR) is 191 cm³/mol. The summed E-state index contributed by atoms with van der Waals surface area (Å²) in [6.45, 7) is 6.66. The molecule has 0 bridgehead atoms. The first-order valence-electron chi connectivity index (χ1n) is 17.0. The Hall–Kier alpha value is -5.67. The minimum absolute atomic E-state index is 0.0234. The van der Waals surface area contributed by atoms with Crippen LogP contribution in [0.15, 0.2) is 158 Å². The van der Waals surface area contributed by atoms with Gasteiger partial charge < -0.3 is 0 Å². The fourth-order valence-corrected chi connectivity index (χ4v) is 8.28. The lowest BCUT2D eigenvalue weighted by atomic mass is 9.82. The second-order valence-electron chi connectivity index (χ2n) is 13.4. The van der Waals surface area contributed by atoms with Gasteiger partial charge in [-0.25, -0.2) is 0 Å².